The van der Waals surface area contributed by atoms with Gasteiger partial charge in [-0.15, -0.1) is 0 Å². The third-order valence-electron chi connectivity index (χ3n) is 6.56. The molecule has 206 valence electrons. The van der Waals surface area contributed by atoms with Gasteiger partial charge < -0.3 is 9.84 Å². The lowest BCUT2D eigenvalue weighted by Gasteiger charge is -2.31. The molecular formula is C31H53NO4. The van der Waals surface area contributed by atoms with E-state index in [0.29, 0.717) is 6.54 Å². The molecule has 0 aliphatic heterocycles. The number of hydrogen-bond donors (Lipinski definition) is 1. The Morgan fingerprint density at radius 2 is 1.22 bits per heavy atom. The summed E-state index contributed by atoms with van der Waals surface area (Å²) < 4.78 is 5.57. The van der Waals surface area contributed by atoms with Crippen molar-refractivity contribution in [1.82, 2.24) is 4.90 Å². The molecule has 1 N–H and O–H groups in total. The first-order valence-corrected chi connectivity index (χ1v) is 14.5. The van der Waals surface area contributed by atoms with Gasteiger partial charge in [0.25, 0.3) is 0 Å². The second-order valence-corrected chi connectivity index (χ2v) is 11.2. The van der Waals surface area contributed by atoms with Crippen LogP contribution in [0.3, 0.4) is 0 Å². The van der Waals surface area contributed by atoms with Gasteiger partial charge >= 0.3 is 12.1 Å². The Kier molecular flexibility index (Phi) is 17.0. The van der Waals surface area contributed by atoms with Crippen molar-refractivity contribution in [3.05, 3.63) is 35.9 Å². The van der Waals surface area contributed by atoms with Gasteiger partial charge in [-0.2, -0.15) is 0 Å². The number of hydrogen-bond acceptors (Lipinski definition) is 3. The third-order valence-corrected chi connectivity index (χ3v) is 6.56. The molecular weight excluding hydrogens is 450 g/mol. The largest absolute Gasteiger partial charge is 0.480 e. The minimum Gasteiger partial charge on any atom is -0.480 e. The Morgan fingerprint density at radius 3 is 1.64 bits per heavy atom. The summed E-state index contributed by atoms with van der Waals surface area (Å²) in [5, 5.41) is 9.93. The number of aliphatic carboxylic acids is 1. The van der Waals surface area contributed by atoms with Crippen LogP contribution >= 0.6 is 0 Å². The van der Waals surface area contributed by atoms with Crippen LogP contribution < -0.4 is 0 Å². The Labute approximate surface area is 221 Å². The van der Waals surface area contributed by atoms with Crippen molar-refractivity contribution in [1.29, 1.82) is 0 Å². The fourth-order valence-electron chi connectivity index (χ4n) is 4.52. The zero-order chi connectivity index (χ0) is 26.7. The summed E-state index contributed by atoms with van der Waals surface area (Å²) in [6.07, 6.45) is 18.8. The van der Waals surface area contributed by atoms with Crippen molar-refractivity contribution in [2.24, 2.45) is 0 Å². The summed E-state index contributed by atoms with van der Waals surface area (Å²) >= 11 is 0. The highest BCUT2D eigenvalue weighted by atomic mass is 16.6. The Hall–Kier alpha value is -2.04. The molecule has 5 heteroatoms. The first-order valence-electron chi connectivity index (χ1n) is 14.5. The minimum atomic E-state index is -0.995. The lowest BCUT2D eigenvalue weighted by molar-refractivity contribution is -0.143. The fourth-order valence-corrected chi connectivity index (χ4v) is 4.52. The number of rotatable bonds is 20. The highest BCUT2D eigenvalue weighted by molar-refractivity contribution is 5.80. The normalized spacial score (nSPS) is 12.3. The zero-order valence-electron chi connectivity index (χ0n) is 23.6. The van der Waals surface area contributed by atoms with Crippen LogP contribution in [0.1, 0.15) is 130 Å². The van der Waals surface area contributed by atoms with Crippen molar-refractivity contribution in [3.8, 4) is 0 Å². The minimum absolute atomic E-state index is 0.272. The van der Waals surface area contributed by atoms with E-state index in [1.165, 1.54) is 81.9 Å². The molecule has 1 aromatic rings. The molecule has 0 aliphatic carbocycles. The maximum Gasteiger partial charge on any atom is 0.411 e. The summed E-state index contributed by atoms with van der Waals surface area (Å²) in [6, 6.07) is 8.55. The van der Waals surface area contributed by atoms with E-state index in [4.69, 9.17) is 4.74 Å². The van der Waals surface area contributed by atoms with Crippen LogP contribution in [-0.2, 0) is 16.0 Å². The summed E-state index contributed by atoms with van der Waals surface area (Å²) in [4.78, 5) is 26.5. The Balaban J connectivity index is 2.35. The zero-order valence-corrected chi connectivity index (χ0v) is 23.6. The molecule has 5 nitrogen and oxygen atoms in total. The monoisotopic (exact) mass is 503 g/mol. The molecule has 0 saturated heterocycles. The molecule has 1 amide bonds. The summed E-state index contributed by atoms with van der Waals surface area (Å²) in [7, 11) is 0. The first-order chi connectivity index (χ1) is 17.2. The van der Waals surface area contributed by atoms with E-state index in [2.05, 4.69) is 6.92 Å². The van der Waals surface area contributed by atoms with Gasteiger partial charge in [-0.1, -0.05) is 127 Å². The van der Waals surface area contributed by atoms with E-state index in [1.54, 1.807) is 0 Å². The second-order valence-electron chi connectivity index (χ2n) is 11.2. The predicted molar refractivity (Wildman–Crippen MR) is 149 cm³/mol. The smallest absolute Gasteiger partial charge is 0.411 e. The molecule has 0 saturated carbocycles. The lowest BCUT2D eigenvalue weighted by Crippen LogP contribution is -2.48. The Bertz CT molecular complexity index is 698. The molecule has 36 heavy (non-hydrogen) atoms. The maximum absolute atomic E-state index is 12.9. The number of ether oxygens (including phenoxy) is 1. The van der Waals surface area contributed by atoms with Crippen LogP contribution in [0.2, 0.25) is 0 Å². The van der Waals surface area contributed by atoms with Crippen LogP contribution in [0.4, 0.5) is 4.79 Å². The number of benzene rings is 1. The van der Waals surface area contributed by atoms with Crippen molar-refractivity contribution < 1.29 is 19.4 Å². The van der Waals surface area contributed by atoms with Gasteiger partial charge in [-0.3, -0.25) is 4.90 Å². The van der Waals surface area contributed by atoms with E-state index in [-0.39, 0.29) is 6.42 Å². The SMILES string of the molecule is CCCCCCCCCCCCCCCCCN(C(=O)OC(C)(C)C)[C@@H](Cc1ccccc1)C(=O)O. The molecule has 0 radical (unpaired) electrons. The molecule has 0 aromatic heterocycles. The van der Waals surface area contributed by atoms with E-state index in [1.807, 2.05) is 51.1 Å². The van der Waals surface area contributed by atoms with Crippen molar-refractivity contribution >= 4 is 12.1 Å². The van der Waals surface area contributed by atoms with Crippen molar-refractivity contribution in [3.63, 3.8) is 0 Å². The Morgan fingerprint density at radius 1 is 0.778 bits per heavy atom. The van der Waals surface area contributed by atoms with Crippen LogP contribution in [0.25, 0.3) is 0 Å². The maximum atomic E-state index is 12.9. The van der Waals surface area contributed by atoms with Gasteiger partial charge in [-0.25, -0.2) is 9.59 Å². The van der Waals surface area contributed by atoms with Crippen molar-refractivity contribution in [2.45, 2.75) is 142 Å². The number of carboxylic acid groups (broad SMARTS) is 1. The van der Waals surface area contributed by atoms with Crippen LogP contribution in [0.15, 0.2) is 30.3 Å². The third kappa shape index (κ3) is 15.9. The standard InChI is InChI=1S/C31H53NO4/c1-5-6-7-8-9-10-11-12-13-14-15-16-17-18-22-25-32(30(35)36-31(2,3)4)28(29(33)34)26-27-23-20-19-21-24-27/h19-21,23-24,28H,5-18,22,25-26H2,1-4H3,(H,33,34)/t28-/m0/s1. The highest BCUT2D eigenvalue weighted by Crippen LogP contribution is 2.18. The second kappa shape index (κ2) is 19.1. The van der Waals surface area contributed by atoms with Gasteiger partial charge in [-0.05, 0) is 32.8 Å². The van der Waals surface area contributed by atoms with E-state index in [9.17, 15) is 14.7 Å². The number of unbranched alkanes of at least 4 members (excludes halogenated alkanes) is 14. The number of carboxylic acids is 1. The summed E-state index contributed by atoms with van der Waals surface area (Å²) in [6.45, 7) is 8.09. The molecule has 0 fully saturated rings. The van der Waals surface area contributed by atoms with Crippen LogP contribution in [0, 0.1) is 0 Å². The summed E-state index contributed by atoms with van der Waals surface area (Å²) in [5.74, 6) is -0.995. The molecule has 0 heterocycles. The molecule has 1 aromatic carbocycles. The van der Waals surface area contributed by atoms with E-state index in [0.717, 1.165) is 24.8 Å². The molecule has 1 atom stereocenters. The molecule has 0 unspecified atom stereocenters. The van der Waals surface area contributed by atoms with Gasteiger partial charge in [0.05, 0.1) is 0 Å². The number of carbonyl (C=O) groups is 2. The average Bonchev–Trinajstić information content (AvgIpc) is 2.82. The average molecular weight is 504 g/mol. The van der Waals surface area contributed by atoms with Crippen molar-refractivity contribution in [2.75, 3.05) is 6.54 Å². The van der Waals surface area contributed by atoms with Gasteiger partial charge in [0, 0.05) is 13.0 Å². The van der Waals surface area contributed by atoms with Crippen LogP contribution in [-0.4, -0.2) is 40.3 Å². The fraction of sp³-hybridized carbons (Fsp3) is 0.742. The molecule has 0 bridgehead atoms. The van der Waals surface area contributed by atoms with Gasteiger partial charge in [0.2, 0.25) is 0 Å². The molecule has 0 spiro atoms. The van der Waals surface area contributed by atoms with Gasteiger partial charge in [0.15, 0.2) is 0 Å². The number of nitrogens with zero attached hydrogens (tertiary/aromatic N) is 1. The van der Waals surface area contributed by atoms with Gasteiger partial charge in [0.1, 0.15) is 11.6 Å². The first kappa shape index (κ1) is 32.0. The quantitative estimate of drug-likeness (QED) is 0.181. The lowest BCUT2D eigenvalue weighted by atomic mass is 10.0. The highest BCUT2D eigenvalue weighted by Gasteiger charge is 2.32. The summed E-state index contributed by atoms with van der Waals surface area (Å²) in [5.41, 5.74) is 0.232. The molecule has 0 aliphatic rings. The van der Waals surface area contributed by atoms with Crippen LogP contribution in [0.5, 0.6) is 0 Å². The number of carbonyl (C=O) groups excluding carboxylic acids is 1. The van der Waals surface area contributed by atoms with E-state index >= 15 is 0 Å². The topological polar surface area (TPSA) is 66.8 Å². The number of amides is 1. The predicted octanol–water partition coefficient (Wildman–Crippen LogP) is 8.79. The molecule has 1 rings (SSSR count). The van der Waals surface area contributed by atoms with E-state index < -0.39 is 23.7 Å².